The van der Waals surface area contributed by atoms with Crippen LogP contribution in [-0.4, -0.2) is 30.9 Å². The molecule has 0 radical (unpaired) electrons. The summed E-state index contributed by atoms with van der Waals surface area (Å²) < 4.78 is 0.844. The minimum absolute atomic E-state index is 0.0386. The van der Waals surface area contributed by atoms with Crippen molar-refractivity contribution < 1.29 is 9.59 Å². The van der Waals surface area contributed by atoms with Crippen molar-refractivity contribution in [3.05, 3.63) is 58.1 Å². The Kier molecular flexibility index (Phi) is 6.96. The van der Waals surface area contributed by atoms with Gasteiger partial charge in [0.1, 0.15) is 0 Å². The number of piperidine rings is 1. The minimum Gasteiger partial charge on any atom is -0.371 e. The van der Waals surface area contributed by atoms with Gasteiger partial charge in [-0.1, -0.05) is 28.9 Å². The highest BCUT2D eigenvalue weighted by atomic mass is 79.9. The van der Waals surface area contributed by atoms with Crippen LogP contribution in [-0.2, 0) is 0 Å². The standard InChI is InChI=1S/C23H28BrN3O2/c1-15(2)25-23(29)20-14-19(26-22(28)17-5-4-6-18(24)13-17)7-8-21(20)27-11-9-16(3)10-12-27/h4-8,13-16H,9-12H2,1-3H3,(H,25,29)(H,26,28). The minimum atomic E-state index is -0.207. The second-order valence-electron chi connectivity index (χ2n) is 7.99. The molecule has 1 aliphatic heterocycles. The highest BCUT2D eigenvalue weighted by Gasteiger charge is 2.22. The van der Waals surface area contributed by atoms with E-state index in [9.17, 15) is 9.59 Å². The number of anilines is 2. The SMILES string of the molecule is CC1CCN(c2ccc(NC(=O)c3cccc(Br)c3)cc2C(=O)NC(C)C)CC1. The Morgan fingerprint density at radius 3 is 2.45 bits per heavy atom. The number of hydrogen-bond donors (Lipinski definition) is 2. The third kappa shape index (κ3) is 5.60. The summed E-state index contributed by atoms with van der Waals surface area (Å²) in [7, 11) is 0. The van der Waals surface area contributed by atoms with Gasteiger partial charge in [-0.15, -0.1) is 0 Å². The van der Waals surface area contributed by atoms with Crippen molar-refractivity contribution in [2.45, 2.75) is 39.7 Å². The first kappa shape index (κ1) is 21.4. The lowest BCUT2D eigenvalue weighted by molar-refractivity contribution is 0.0942. The Morgan fingerprint density at radius 2 is 1.79 bits per heavy atom. The van der Waals surface area contributed by atoms with E-state index in [0.29, 0.717) is 22.7 Å². The van der Waals surface area contributed by atoms with E-state index in [1.807, 2.05) is 38.1 Å². The predicted octanol–water partition coefficient (Wildman–Crippen LogP) is 5.08. The molecule has 0 aliphatic carbocycles. The maximum absolute atomic E-state index is 12.9. The average molecular weight is 458 g/mol. The molecule has 1 fully saturated rings. The van der Waals surface area contributed by atoms with Crippen molar-refractivity contribution in [1.29, 1.82) is 0 Å². The molecule has 0 bridgehead atoms. The van der Waals surface area contributed by atoms with E-state index in [1.54, 1.807) is 18.2 Å². The lowest BCUT2D eigenvalue weighted by Crippen LogP contribution is -2.36. The summed E-state index contributed by atoms with van der Waals surface area (Å²) in [5.41, 5.74) is 2.69. The summed E-state index contributed by atoms with van der Waals surface area (Å²) in [4.78, 5) is 27.8. The highest BCUT2D eigenvalue weighted by Crippen LogP contribution is 2.29. The van der Waals surface area contributed by atoms with Crippen LogP contribution in [0.5, 0.6) is 0 Å². The normalized spacial score (nSPS) is 14.7. The van der Waals surface area contributed by atoms with Crippen molar-refractivity contribution in [3.8, 4) is 0 Å². The van der Waals surface area contributed by atoms with Crippen LogP contribution in [0.4, 0.5) is 11.4 Å². The first-order valence-corrected chi connectivity index (χ1v) is 10.9. The molecule has 2 aromatic carbocycles. The van der Waals surface area contributed by atoms with Gasteiger partial charge in [-0.3, -0.25) is 9.59 Å². The lowest BCUT2D eigenvalue weighted by atomic mass is 9.97. The predicted molar refractivity (Wildman–Crippen MR) is 122 cm³/mol. The van der Waals surface area contributed by atoms with Crippen LogP contribution < -0.4 is 15.5 Å². The molecule has 2 aromatic rings. The first-order chi connectivity index (χ1) is 13.8. The molecular weight excluding hydrogens is 430 g/mol. The molecule has 6 heteroatoms. The molecule has 2 amide bonds. The van der Waals surface area contributed by atoms with E-state index >= 15 is 0 Å². The number of nitrogens with one attached hydrogen (secondary N) is 2. The zero-order valence-corrected chi connectivity index (χ0v) is 18.8. The van der Waals surface area contributed by atoms with Gasteiger partial charge in [0.05, 0.1) is 5.56 Å². The van der Waals surface area contributed by atoms with Gasteiger partial charge in [0.25, 0.3) is 11.8 Å². The van der Waals surface area contributed by atoms with Crippen LogP contribution in [0, 0.1) is 5.92 Å². The second kappa shape index (κ2) is 9.44. The van der Waals surface area contributed by atoms with Crippen molar-refractivity contribution in [1.82, 2.24) is 5.32 Å². The molecule has 1 saturated heterocycles. The summed E-state index contributed by atoms with van der Waals surface area (Å²) >= 11 is 3.39. The van der Waals surface area contributed by atoms with Crippen LogP contribution in [0.3, 0.4) is 0 Å². The summed E-state index contributed by atoms with van der Waals surface area (Å²) in [6.07, 6.45) is 2.24. The van der Waals surface area contributed by atoms with E-state index in [2.05, 4.69) is 38.4 Å². The summed E-state index contributed by atoms with van der Waals surface area (Å²) in [5.74, 6) is 0.385. The van der Waals surface area contributed by atoms with Crippen molar-refractivity contribution >= 4 is 39.1 Å². The first-order valence-electron chi connectivity index (χ1n) is 10.1. The molecule has 154 valence electrons. The van der Waals surface area contributed by atoms with Gasteiger partial charge in [0.2, 0.25) is 0 Å². The Morgan fingerprint density at radius 1 is 1.07 bits per heavy atom. The number of amides is 2. The van der Waals surface area contributed by atoms with E-state index in [4.69, 9.17) is 0 Å². The Labute approximate surface area is 181 Å². The molecule has 0 saturated carbocycles. The molecule has 0 unspecified atom stereocenters. The smallest absolute Gasteiger partial charge is 0.255 e. The molecule has 5 nitrogen and oxygen atoms in total. The molecule has 1 heterocycles. The summed E-state index contributed by atoms with van der Waals surface area (Å²) in [6.45, 7) is 8.03. The van der Waals surface area contributed by atoms with E-state index < -0.39 is 0 Å². The van der Waals surface area contributed by atoms with Crippen LogP contribution >= 0.6 is 15.9 Å². The van der Waals surface area contributed by atoms with E-state index in [1.165, 1.54) is 0 Å². The van der Waals surface area contributed by atoms with E-state index in [-0.39, 0.29) is 17.9 Å². The second-order valence-corrected chi connectivity index (χ2v) is 8.91. The lowest BCUT2D eigenvalue weighted by Gasteiger charge is -2.33. The number of rotatable bonds is 5. The zero-order valence-electron chi connectivity index (χ0n) is 17.2. The quantitative estimate of drug-likeness (QED) is 0.657. The van der Waals surface area contributed by atoms with Crippen LogP contribution in [0.15, 0.2) is 46.9 Å². The molecule has 0 spiro atoms. The molecule has 3 rings (SSSR count). The fraction of sp³-hybridized carbons (Fsp3) is 0.391. The molecule has 0 aromatic heterocycles. The number of benzene rings is 2. The van der Waals surface area contributed by atoms with E-state index in [0.717, 1.165) is 36.1 Å². The number of carbonyl (C=O) groups is 2. The Hall–Kier alpha value is -2.34. The van der Waals surface area contributed by atoms with Gasteiger partial charge >= 0.3 is 0 Å². The molecule has 1 aliphatic rings. The topological polar surface area (TPSA) is 61.4 Å². The summed E-state index contributed by atoms with van der Waals surface area (Å²) in [5, 5.41) is 5.90. The fourth-order valence-electron chi connectivity index (χ4n) is 3.49. The number of carbonyl (C=O) groups excluding carboxylic acids is 2. The third-order valence-electron chi connectivity index (χ3n) is 5.13. The average Bonchev–Trinajstić information content (AvgIpc) is 2.68. The maximum Gasteiger partial charge on any atom is 0.255 e. The van der Waals surface area contributed by atoms with Crippen molar-refractivity contribution in [2.75, 3.05) is 23.3 Å². The highest BCUT2D eigenvalue weighted by molar-refractivity contribution is 9.10. The van der Waals surface area contributed by atoms with Crippen molar-refractivity contribution in [2.24, 2.45) is 5.92 Å². The maximum atomic E-state index is 12.9. The largest absolute Gasteiger partial charge is 0.371 e. The number of nitrogens with zero attached hydrogens (tertiary/aromatic N) is 1. The van der Waals surface area contributed by atoms with Gasteiger partial charge in [0, 0.05) is 40.5 Å². The molecular formula is C23H28BrN3O2. The van der Waals surface area contributed by atoms with Gasteiger partial charge in [-0.25, -0.2) is 0 Å². The van der Waals surface area contributed by atoms with Gasteiger partial charge in [0.15, 0.2) is 0 Å². The molecule has 0 atom stereocenters. The third-order valence-corrected chi connectivity index (χ3v) is 5.62. The van der Waals surface area contributed by atoms with Gasteiger partial charge < -0.3 is 15.5 Å². The molecule has 29 heavy (non-hydrogen) atoms. The van der Waals surface area contributed by atoms with Gasteiger partial charge in [-0.05, 0) is 69.0 Å². The monoisotopic (exact) mass is 457 g/mol. The van der Waals surface area contributed by atoms with Gasteiger partial charge in [-0.2, -0.15) is 0 Å². The zero-order chi connectivity index (χ0) is 21.0. The van der Waals surface area contributed by atoms with Crippen LogP contribution in [0.25, 0.3) is 0 Å². The summed E-state index contributed by atoms with van der Waals surface area (Å²) in [6, 6.07) is 12.9. The Balaban J connectivity index is 1.87. The van der Waals surface area contributed by atoms with Crippen molar-refractivity contribution in [3.63, 3.8) is 0 Å². The van der Waals surface area contributed by atoms with Crippen LogP contribution in [0.2, 0.25) is 0 Å². The molecule has 2 N–H and O–H groups in total. The fourth-order valence-corrected chi connectivity index (χ4v) is 3.89. The van der Waals surface area contributed by atoms with Crippen LogP contribution in [0.1, 0.15) is 54.3 Å². The number of hydrogen-bond acceptors (Lipinski definition) is 3. The number of halogens is 1. The Bertz CT molecular complexity index is 889.